The third-order valence-corrected chi connectivity index (χ3v) is 3.27. The first kappa shape index (κ1) is 14.6. The van der Waals surface area contributed by atoms with E-state index in [1.54, 1.807) is 31.2 Å². The van der Waals surface area contributed by atoms with E-state index in [4.69, 9.17) is 27.7 Å². The Morgan fingerprint density at radius 2 is 1.86 bits per heavy atom. The molecule has 0 radical (unpaired) electrons. The molecule has 3 aromatic rings. The fraction of sp³-hybridized carbons (Fsp3) is 0.0769. The molecule has 0 saturated heterocycles. The van der Waals surface area contributed by atoms with Gasteiger partial charge in [-0.15, -0.1) is 5.10 Å². The number of anilines is 4. The smallest absolute Gasteiger partial charge is 0.249 e. The molecule has 3 rings (SSSR count). The van der Waals surface area contributed by atoms with Gasteiger partial charge >= 0.3 is 0 Å². The number of para-hydroxylation sites is 1. The van der Waals surface area contributed by atoms with Gasteiger partial charge in [0.05, 0.1) is 21.9 Å². The minimum absolute atomic E-state index is 0.250. The summed E-state index contributed by atoms with van der Waals surface area (Å²) in [7, 11) is 0. The van der Waals surface area contributed by atoms with Crippen LogP contribution in [0.15, 0.2) is 35.0 Å². The van der Waals surface area contributed by atoms with Crippen LogP contribution in [0.3, 0.4) is 0 Å². The van der Waals surface area contributed by atoms with E-state index in [1.807, 2.05) is 0 Å². The summed E-state index contributed by atoms with van der Waals surface area (Å²) in [5.74, 6) is 1.92. The second kappa shape index (κ2) is 6.17. The fourth-order valence-electron chi connectivity index (χ4n) is 1.70. The number of hydrogen-bond donors (Lipinski definition) is 2. The van der Waals surface area contributed by atoms with Crippen LogP contribution in [0.2, 0.25) is 10.0 Å². The number of benzene rings is 1. The SMILES string of the molecule is Cc1cc(Nc2cnnc(Nc3c(Cl)cccc3Cl)n2)no1. The normalized spacial score (nSPS) is 10.5. The van der Waals surface area contributed by atoms with E-state index >= 15 is 0 Å². The number of aryl methyl sites for hydroxylation is 1. The minimum Gasteiger partial charge on any atom is -0.360 e. The Morgan fingerprint density at radius 1 is 1.09 bits per heavy atom. The maximum atomic E-state index is 6.09. The van der Waals surface area contributed by atoms with E-state index < -0.39 is 0 Å². The van der Waals surface area contributed by atoms with E-state index in [1.165, 1.54) is 6.20 Å². The van der Waals surface area contributed by atoms with Crippen molar-refractivity contribution < 1.29 is 4.52 Å². The van der Waals surface area contributed by atoms with E-state index in [0.29, 0.717) is 33.1 Å². The van der Waals surface area contributed by atoms with Crippen molar-refractivity contribution in [3.63, 3.8) is 0 Å². The number of halogens is 2. The summed E-state index contributed by atoms with van der Waals surface area (Å²) in [5.41, 5.74) is 0.516. The van der Waals surface area contributed by atoms with Gasteiger partial charge < -0.3 is 15.2 Å². The fourth-order valence-corrected chi connectivity index (χ4v) is 2.19. The van der Waals surface area contributed by atoms with Gasteiger partial charge in [-0.25, -0.2) is 0 Å². The summed E-state index contributed by atoms with van der Waals surface area (Å²) < 4.78 is 4.97. The molecule has 9 heteroatoms. The molecule has 0 unspecified atom stereocenters. The zero-order valence-electron chi connectivity index (χ0n) is 11.3. The molecular weight excluding hydrogens is 327 g/mol. The molecule has 112 valence electrons. The van der Waals surface area contributed by atoms with Crippen molar-refractivity contribution in [3.8, 4) is 0 Å². The Bertz CT molecular complexity index is 786. The van der Waals surface area contributed by atoms with Gasteiger partial charge in [0.1, 0.15) is 5.76 Å². The first-order chi connectivity index (χ1) is 10.6. The van der Waals surface area contributed by atoms with Crippen LogP contribution in [0.25, 0.3) is 0 Å². The summed E-state index contributed by atoms with van der Waals surface area (Å²) in [4.78, 5) is 4.26. The highest BCUT2D eigenvalue weighted by atomic mass is 35.5. The van der Waals surface area contributed by atoms with Crippen LogP contribution in [0.4, 0.5) is 23.3 Å². The summed E-state index contributed by atoms with van der Waals surface area (Å²) >= 11 is 12.2. The van der Waals surface area contributed by atoms with Crippen LogP contribution in [0, 0.1) is 6.92 Å². The summed E-state index contributed by atoms with van der Waals surface area (Å²) in [6, 6.07) is 6.91. The number of nitrogens with zero attached hydrogens (tertiary/aromatic N) is 4. The lowest BCUT2D eigenvalue weighted by Gasteiger charge is -2.09. The van der Waals surface area contributed by atoms with Gasteiger partial charge in [0.2, 0.25) is 5.95 Å². The van der Waals surface area contributed by atoms with E-state index in [0.717, 1.165) is 0 Å². The van der Waals surface area contributed by atoms with Gasteiger partial charge in [0.15, 0.2) is 11.6 Å². The van der Waals surface area contributed by atoms with Crippen molar-refractivity contribution in [1.82, 2.24) is 20.3 Å². The summed E-state index contributed by atoms with van der Waals surface area (Å²) in [5, 5.41) is 18.4. The van der Waals surface area contributed by atoms with Gasteiger partial charge in [-0.3, -0.25) is 0 Å². The molecule has 2 heterocycles. The maximum Gasteiger partial charge on any atom is 0.249 e. The third-order valence-electron chi connectivity index (χ3n) is 2.64. The molecule has 0 bridgehead atoms. The van der Waals surface area contributed by atoms with Crippen LogP contribution in [0.5, 0.6) is 0 Å². The molecule has 0 amide bonds. The largest absolute Gasteiger partial charge is 0.360 e. The molecule has 0 fully saturated rings. The monoisotopic (exact) mass is 336 g/mol. The Labute approximate surface area is 135 Å². The summed E-state index contributed by atoms with van der Waals surface area (Å²) in [6.07, 6.45) is 1.46. The van der Waals surface area contributed by atoms with E-state index in [2.05, 4.69) is 31.0 Å². The van der Waals surface area contributed by atoms with Crippen molar-refractivity contribution in [1.29, 1.82) is 0 Å². The molecule has 22 heavy (non-hydrogen) atoms. The molecule has 7 nitrogen and oxygen atoms in total. The van der Waals surface area contributed by atoms with Gasteiger partial charge in [-0.2, -0.15) is 10.1 Å². The average molecular weight is 337 g/mol. The van der Waals surface area contributed by atoms with Crippen molar-refractivity contribution in [3.05, 3.63) is 46.3 Å². The standard InChI is InChI=1S/C13H10Cl2N6O/c1-7-5-10(21-22-7)17-11-6-16-20-13(18-11)19-12-8(14)3-2-4-9(12)15/h2-6H,1H3,(H2,17,18,19,20,21). The Balaban J connectivity index is 1.82. The molecular formula is C13H10Cl2N6O. The van der Waals surface area contributed by atoms with Gasteiger partial charge in [0.25, 0.3) is 0 Å². The van der Waals surface area contributed by atoms with Crippen molar-refractivity contribution in [2.45, 2.75) is 6.92 Å². The van der Waals surface area contributed by atoms with Crippen LogP contribution >= 0.6 is 23.2 Å². The zero-order chi connectivity index (χ0) is 15.5. The number of aromatic nitrogens is 4. The lowest BCUT2D eigenvalue weighted by atomic mass is 10.3. The maximum absolute atomic E-state index is 6.09. The lowest BCUT2D eigenvalue weighted by Crippen LogP contribution is -2.03. The second-order valence-electron chi connectivity index (χ2n) is 4.33. The first-order valence-electron chi connectivity index (χ1n) is 6.23. The Morgan fingerprint density at radius 3 is 2.55 bits per heavy atom. The Hall–Kier alpha value is -2.38. The molecule has 0 aliphatic heterocycles. The van der Waals surface area contributed by atoms with Crippen molar-refractivity contribution in [2.75, 3.05) is 10.6 Å². The Kier molecular flexibility index (Phi) is 4.08. The zero-order valence-corrected chi connectivity index (χ0v) is 12.9. The number of hydrogen-bond acceptors (Lipinski definition) is 7. The highest BCUT2D eigenvalue weighted by Crippen LogP contribution is 2.31. The van der Waals surface area contributed by atoms with Gasteiger partial charge in [-0.1, -0.05) is 34.4 Å². The highest BCUT2D eigenvalue weighted by Gasteiger charge is 2.09. The summed E-state index contributed by atoms with van der Waals surface area (Å²) in [6.45, 7) is 1.79. The highest BCUT2D eigenvalue weighted by molar-refractivity contribution is 6.39. The van der Waals surface area contributed by atoms with Gasteiger partial charge in [-0.05, 0) is 19.1 Å². The van der Waals surface area contributed by atoms with Gasteiger partial charge in [0, 0.05) is 6.07 Å². The minimum atomic E-state index is 0.250. The quantitative estimate of drug-likeness (QED) is 0.745. The third kappa shape index (κ3) is 3.26. The van der Waals surface area contributed by atoms with Crippen molar-refractivity contribution in [2.24, 2.45) is 0 Å². The predicted octanol–water partition coefficient (Wildman–Crippen LogP) is 3.96. The van der Waals surface area contributed by atoms with Crippen molar-refractivity contribution >= 4 is 46.5 Å². The molecule has 2 aromatic heterocycles. The molecule has 1 aromatic carbocycles. The van der Waals surface area contributed by atoms with E-state index in [-0.39, 0.29) is 5.95 Å². The molecule has 2 N–H and O–H groups in total. The number of nitrogens with one attached hydrogen (secondary N) is 2. The number of rotatable bonds is 4. The second-order valence-corrected chi connectivity index (χ2v) is 5.15. The van der Waals surface area contributed by atoms with E-state index in [9.17, 15) is 0 Å². The molecule has 0 saturated carbocycles. The average Bonchev–Trinajstić information content (AvgIpc) is 2.89. The molecule has 0 aliphatic rings. The van der Waals surface area contributed by atoms with Crippen LogP contribution in [0.1, 0.15) is 5.76 Å². The molecule has 0 aliphatic carbocycles. The molecule has 0 atom stereocenters. The first-order valence-corrected chi connectivity index (χ1v) is 6.98. The molecule has 0 spiro atoms. The van der Waals surface area contributed by atoms with Crippen LogP contribution in [-0.2, 0) is 0 Å². The predicted molar refractivity (Wildman–Crippen MR) is 84.1 cm³/mol. The van der Waals surface area contributed by atoms with Crippen LogP contribution in [-0.4, -0.2) is 20.3 Å². The lowest BCUT2D eigenvalue weighted by molar-refractivity contribution is 0.400. The topological polar surface area (TPSA) is 88.8 Å². The van der Waals surface area contributed by atoms with Crippen LogP contribution < -0.4 is 10.6 Å².